The highest BCUT2D eigenvalue weighted by Gasteiger charge is 2.22. The molecule has 2 N–H and O–H groups in total. The van der Waals surface area contributed by atoms with E-state index in [2.05, 4.69) is 9.97 Å². The molecule has 2 heterocycles. The van der Waals surface area contributed by atoms with Gasteiger partial charge in [0.15, 0.2) is 11.6 Å². The van der Waals surface area contributed by atoms with Crippen molar-refractivity contribution < 1.29 is 13.2 Å². The number of nitrogens with two attached hydrogens (primary N) is 1. The normalized spacial score (nSPS) is 15.0. The zero-order valence-corrected chi connectivity index (χ0v) is 11.1. The Morgan fingerprint density at radius 3 is 2.76 bits per heavy atom. The highest BCUT2D eigenvalue weighted by Crippen LogP contribution is 2.22. The number of hydrogen-bond donors (Lipinski definition) is 1. The Labute approximate surface area is 119 Å². The number of hydrogen-bond acceptors (Lipinski definition) is 4. The van der Waals surface area contributed by atoms with Gasteiger partial charge in [-0.2, -0.15) is 0 Å². The summed E-state index contributed by atoms with van der Waals surface area (Å²) in [5, 5.41) is 0. The second kappa shape index (κ2) is 5.33. The summed E-state index contributed by atoms with van der Waals surface area (Å²) < 4.78 is 40.5. The number of benzene rings is 1. The summed E-state index contributed by atoms with van der Waals surface area (Å²) in [6.45, 7) is 1.02. The lowest BCUT2D eigenvalue weighted by atomic mass is 10.1. The first-order chi connectivity index (χ1) is 10.0. The lowest BCUT2D eigenvalue weighted by Gasteiger charge is -2.28. The molecule has 1 aliphatic rings. The highest BCUT2D eigenvalue weighted by atomic mass is 19.2. The third-order valence-electron chi connectivity index (χ3n) is 3.55. The van der Waals surface area contributed by atoms with Crippen molar-refractivity contribution in [1.82, 2.24) is 14.9 Å². The summed E-state index contributed by atoms with van der Waals surface area (Å²) in [6.07, 6.45) is 2.22. The van der Waals surface area contributed by atoms with Gasteiger partial charge < -0.3 is 5.73 Å². The van der Waals surface area contributed by atoms with Gasteiger partial charge >= 0.3 is 0 Å². The maximum atomic E-state index is 13.7. The monoisotopic (exact) mass is 294 g/mol. The van der Waals surface area contributed by atoms with Crippen LogP contribution in [0.15, 0.2) is 18.3 Å². The van der Waals surface area contributed by atoms with E-state index in [4.69, 9.17) is 5.73 Å². The Morgan fingerprint density at radius 1 is 1.19 bits per heavy atom. The van der Waals surface area contributed by atoms with E-state index in [-0.39, 0.29) is 18.1 Å². The predicted molar refractivity (Wildman–Crippen MR) is 70.6 cm³/mol. The molecule has 1 aromatic carbocycles. The second-order valence-electron chi connectivity index (χ2n) is 4.98. The molecule has 2 aromatic rings. The fourth-order valence-corrected chi connectivity index (χ4v) is 2.46. The molecule has 0 fully saturated rings. The minimum Gasteiger partial charge on any atom is -0.368 e. The summed E-state index contributed by atoms with van der Waals surface area (Å²) in [6, 6.07) is 1.73. The van der Waals surface area contributed by atoms with Crippen molar-refractivity contribution in [3.8, 4) is 0 Å². The van der Waals surface area contributed by atoms with Crippen molar-refractivity contribution in [3.05, 3.63) is 52.6 Å². The van der Waals surface area contributed by atoms with Gasteiger partial charge in [0.1, 0.15) is 5.82 Å². The molecule has 0 bridgehead atoms. The molecule has 0 radical (unpaired) electrons. The van der Waals surface area contributed by atoms with Crippen molar-refractivity contribution in [3.63, 3.8) is 0 Å². The van der Waals surface area contributed by atoms with E-state index < -0.39 is 17.5 Å². The molecule has 7 heteroatoms. The topological polar surface area (TPSA) is 55.0 Å². The van der Waals surface area contributed by atoms with E-state index in [0.717, 1.165) is 23.4 Å². The minimum atomic E-state index is -1.13. The Balaban J connectivity index is 1.82. The van der Waals surface area contributed by atoms with Crippen LogP contribution in [-0.4, -0.2) is 21.4 Å². The smallest absolute Gasteiger partial charge is 0.220 e. The maximum Gasteiger partial charge on any atom is 0.220 e. The fraction of sp³-hybridized carbons (Fsp3) is 0.286. The fourth-order valence-electron chi connectivity index (χ4n) is 2.46. The van der Waals surface area contributed by atoms with Crippen molar-refractivity contribution >= 4 is 5.95 Å². The zero-order chi connectivity index (χ0) is 15.0. The van der Waals surface area contributed by atoms with Gasteiger partial charge in [0.25, 0.3) is 0 Å². The van der Waals surface area contributed by atoms with Crippen LogP contribution in [0.25, 0.3) is 0 Å². The Bertz CT molecular complexity index is 690. The quantitative estimate of drug-likeness (QED) is 0.861. The molecular weight excluding hydrogens is 281 g/mol. The molecule has 0 atom stereocenters. The van der Waals surface area contributed by atoms with E-state index in [0.29, 0.717) is 19.5 Å². The molecule has 1 aromatic heterocycles. The lowest BCUT2D eigenvalue weighted by Crippen LogP contribution is -2.31. The Hall–Kier alpha value is -2.15. The van der Waals surface area contributed by atoms with E-state index >= 15 is 0 Å². The van der Waals surface area contributed by atoms with Crippen molar-refractivity contribution in [1.29, 1.82) is 0 Å². The van der Waals surface area contributed by atoms with Crippen LogP contribution >= 0.6 is 0 Å². The molecule has 0 saturated carbocycles. The van der Waals surface area contributed by atoms with Gasteiger partial charge in [0, 0.05) is 43.4 Å². The third-order valence-corrected chi connectivity index (χ3v) is 3.55. The van der Waals surface area contributed by atoms with Crippen LogP contribution in [0.2, 0.25) is 0 Å². The molecule has 0 aliphatic carbocycles. The summed E-state index contributed by atoms with van der Waals surface area (Å²) in [7, 11) is 0. The van der Waals surface area contributed by atoms with E-state index in [1.807, 2.05) is 4.90 Å². The van der Waals surface area contributed by atoms with Crippen LogP contribution in [0, 0.1) is 17.5 Å². The van der Waals surface area contributed by atoms with Crippen LogP contribution in [0.4, 0.5) is 19.1 Å². The first-order valence-electron chi connectivity index (χ1n) is 6.49. The highest BCUT2D eigenvalue weighted by molar-refractivity contribution is 5.27. The van der Waals surface area contributed by atoms with Crippen molar-refractivity contribution in [2.45, 2.75) is 19.5 Å². The summed E-state index contributed by atoms with van der Waals surface area (Å²) in [4.78, 5) is 9.87. The number of anilines is 1. The number of nitrogen functional groups attached to an aromatic ring is 1. The molecule has 0 unspecified atom stereocenters. The van der Waals surface area contributed by atoms with Gasteiger partial charge in [-0.1, -0.05) is 0 Å². The molecule has 1 aliphatic heterocycles. The molecule has 3 rings (SSSR count). The molecule has 0 spiro atoms. The van der Waals surface area contributed by atoms with Crippen LogP contribution in [0.3, 0.4) is 0 Å². The van der Waals surface area contributed by atoms with E-state index in [9.17, 15) is 13.2 Å². The van der Waals surface area contributed by atoms with E-state index in [1.54, 1.807) is 6.20 Å². The van der Waals surface area contributed by atoms with Crippen molar-refractivity contribution in [2.75, 3.05) is 12.3 Å². The lowest BCUT2D eigenvalue weighted by molar-refractivity contribution is 0.234. The van der Waals surface area contributed by atoms with Crippen LogP contribution in [0.5, 0.6) is 0 Å². The van der Waals surface area contributed by atoms with Gasteiger partial charge in [-0.3, -0.25) is 4.90 Å². The largest absolute Gasteiger partial charge is 0.368 e. The summed E-state index contributed by atoms with van der Waals surface area (Å²) in [5.74, 6) is -2.70. The Kier molecular flexibility index (Phi) is 3.50. The number of rotatable bonds is 2. The third kappa shape index (κ3) is 2.69. The standard InChI is InChI=1S/C14H13F3N4/c15-10-1-2-11(16)13(17)9(10)7-21-4-3-12-8(6-21)5-19-14(18)20-12/h1-2,5H,3-4,6-7H2,(H2,18,19,20). The molecule has 110 valence electrons. The molecule has 0 amide bonds. The SMILES string of the molecule is Nc1ncc2c(n1)CCN(Cc1c(F)ccc(F)c1F)C2. The van der Waals surface area contributed by atoms with Crippen LogP contribution < -0.4 is 5.73 Å². The number of aromatic nitrogens is 2. The number of halogens is 3. The van der Waals surface area contributed by atoms with Crippen molar-refractivity contribution in [2.24, 2.45) is 0 Å². The van der Waals surface area contributed by atoms with E-state index in [1.165, 1.54) is 0 Å². The first-order valence-corrected chi connectivity index (χ1v) is 6.49. The maximum absolute atomic E-state index is 13.7. The Morgan fingerprint density at radius 2 is 1.95 bits per heavy atom. The average molecular weight is 294 g/mol. The molecule has 4 nitrogen and oxygen atoms in total. The molecule has 0 saturated heterocycles. The molecular formula is C14H13F3N4. The van der Waals surface area contributed by atoms with Gasteiger partial charge in [-0.15, -0.1) is 0 Å². The molecule has 21 heavy (non-hydrogen) atoms. The van der Waals surface area contributed by atoms with Crippen LogP contribution in [0.1, 0.15) is 16.8 Å². The summed E-state index contributed by atoms with van der Waals surface area (Å²) >= 11 is 0. The number of fused-ring (bicyclic) bond motifs is 1. The zero-order valence-electron chi connectivity index (χ0n) is 11.1. The summed E-state index contributed by atoms with van der Waals surface area (Å²) in [5.41, 5.74) is 6.98. The van der Waals surface area contributed by atoms with Gasteiger partial charge in [0.2, 0.25) is 5.95 Å². The number of nitrogens with zero attached hydrogens (tertiary/aromatic N) is 3. The van der Waals surface area contributed by atoms with Gasteiger partial charge in [0.05, 0.1) is 5.69 Å². The van der Waals surface area contributed by atoms with Gasteiger partial charge in [-0.25, -0.2) is 23.1 Å². The average Bonchev–Trinajstić information content (AvgIpc) is 2.48. The predicted octanol–water partition coefficient (Wildman–Crippen LogP) is 2.03. The van der Waals surface area contributed by atoms with Gasteiger partial charge in [-0.05, 0) is 12.1 Å². The first kappa shape index (κ1) is 13.8. The minimum absolute atomic E-state index is 0.000751. The second-order valence-corrected chi connectivity index (χ2v) is 4.98. The van der Waals surface area contributed by atoms with Crippen LogP contribution in [-0.2, 0) is 19.5 Å².